The van der Waals surface area contributed by atoms with Crippen molar-refractivity contribution in [1.29, 1.82) is 0 Å². The molecule has 1 fully saturated rings. The molecule has 4 unspecified atom stereocenters. The van der Waals surface area contributed by atoms with E-state index in [0.29, 0.717) is 0 Å². The number of phenolic OH excluding ortho intramolecular Hbond substituents is 2. The van der Waals surface area contributed by atoms with E-state index in [1.165, 1.54) is 39.2 Å². The number of methoxy groups -OCH3 is 1. The molecule has 2 aromatic rings. The lowest BCUT2D eigenvalue weighted by Gasteiger charge is -2.41. The van der Waals surface area contributed by atoms with Gasteiger partial charge in [-0.3, -0.25) is 14.4 Å². The molecule has 228 valence electrons. The summed E-state index contributed by atoms with van der Waals surface area (Å²) in [4.78, 5) is 50.6. The highest BCUT2D eigenvalue weighted by molar-refractivity contribution is 6.31. The molecule has 1 saturated heterocycles. The van der Waals surface area contributed by atoms with E-state index >= 15 is 0 Å². The van der Waals surface area contributed by atoms with Crippen molar-refractivity contribution in [1.82, 2.24) is 5.32 Å². The Hall–Kier alpha value is -4.30. The van der Waals surface area contributed by atoms with E-state index in [1.54, 1.807) is 0 Å². The Labute approximate surface area is 245 Å². The maximum absolute atomic E-state index is 13.7. The predicted octanol–water partition coefficient (Wildman–Crippen LogP) is 1.26. The van der Waals surface area contributed by atoms with Crippen LogP contribution in [-0.4, -0.2) is 86.7 Å². The summed E-state index contributed by atoms with van der Waals surface area (Å²) in [6.45, 7) is 2.85. The molecule has 1 heterocycles. The normalized spacial score (nSPS) is 26.7. The first-order valence-electron chi connectivity index (χ1n) is 13.6. The molecule has 1 aliphatic heterocycles. The van der Waals surface area contributed by atoms with Gasteiger partial charge < -0.3 is 45.1 Å². The van der Waals surface area contributed by atoms with Gasteiger partial charge in [0.25, 0.3) is 0 Å². The number of aliphatic hydroxyl groups is 2. The quantitative estimate of drug-likeness (QED) is 0.175. The van der Waals surface area contributed by atoms with Gasteiger partial charge >= 0.3 is 5.97 Å². The monoisotopic (exact) mass is 597 g/mol. The molecule has 2 aromatic carbocycles. The van der Waals surface area contributed by atoms with Crippen LogP contribution in [0.5, 0.6) is 17.2 Å². The predicted molar refractivity (Wildman–Crippen MR) is 146 cm³/mol. The molecule has 2 aliphatic carbocycles. The van der Waals surface area contributed by atoms with Crippen molar-refractivity contribution >= 4 is 23.4 Å². The third-order valence-electron chi connectivity index (χ3n) is 8.05. The minimum Gasteiger partial charge on any atom is -0.507 e. The fourth-order valence-corrected chi connectivity index (χ4v) is 5.98. The van der Waals surface area contributed by atoms with E-state index in [4.69, 9.17) is 19.3 Å². The molecule has 0 aromatic heterocycles. The molecule has 1 amide bonds. The van der Waals surface area contributed by atoms with Crippen LogP contribution in [-0.2, 0) is 25.5 Å². The van der Waals surface area contributed by atoms with Crippen LogP contribution in [0.25, 0.3) is 0 Å². The van der Waals surface area contributed by atoms with Gasteiger partial charge in [0, 0.05) is 47.6 Å². The third-order valence-corrected chi connectivity index (χ3v) is 8.05. The summed E-state index contributed by atoms with van der Waals surface area (Å²) >= 11 is 0. The van der Waals surface area contributed by atoms with Gasteiger partial charge in [0.15, 0.2) is 12.1 Å². The summed E-state index contributed by atoms with van der Waals surface area (Å²) < 4.78 is 17.2. The summed E-state index contributed by atoms with van der Waals surface area (Å²) in [5.74, 6) is -4.48. The maximum atomic E-state index is 13.7. The van der Waals surface area contributed by atoms with Crippen molar-refractivity contribution in [3.63, 3.8) is 0 Å². The molecule has 0 radical (unpaired) electrons. The van der Waals surface area contributed by atoms with Gasteiger partial charge in [-0.05, 0) is 19.9 Å². The highest BCUT2D eigenvalue weighted by Crippen LogP contribution is 2.50. The second-order valence-electron chi connectivity index (χ2n) is 10.8. The molecular formula is C30H31NO12. The Morgan fingerprint density at radius 1 is 1.05 bits per heavy atom. The highest BCUT2D eigenvalue weighted by Gasteiger charge is 2.44. The van der Waals surface area contributed by atoms with Gasteiger partial charge in [0.05, 0.1) is 48.2 Å². The van der Waals surface area contributed by atoms with Crippen molar-refractivity contribution in [3.05, 3.63) is 63.2 Å². The van der Waals surface area contributed by atoms with Crippen LogP contribution >= 0.6 is 0 Å². The number of ether oxygens (including phenoxy) is 3. The standard InChI is InChI=1S/C30H31NO12/c1-11(7-19(33)34)30(40)31-16-10-20(42-12(2)25(16)35)43-18-9-13(32)8-15-22(18)29(39)24-23(27(15)37)26(36)14-5-4-6-17(41-3)21(14)28(24)38/h4-7,12-13,16,18,20,25,32,35,37,39H,8-10H2,1-3H3,(H,31,40)(H,33,34)/b11-7+/t12?,13-,16?,18-,20?,25?/m0/s1. The zero-order chi connectivity index (χ0) is 31.3. The fourth-order valence-electron chi connectivity index (χ4n) is 5.98. The zero-order valence-electron chi connectivity index (χ0n) is 23.5. The molecule has 5 rings (SSSR count). The van der Waals surface area contributed by atoms with Crippen LogP contribution in [0.2, 0.25) is 0 Å². The van der Waals surface area contributed by atoms with E-state index in [1.807, 2.05) is 0 Å². The molecule has 3 aliphatic rings. The van der Waals surface area contributed by atoms with Gasteiger partial charge in [-0.15, -0.1) is 0 Å². The lowest BCUT2D eigenvalue weighted by molar-refractivity contribution is -0.246. The Kier molecular flexibility index (Phi) is 8.01. The van der Waals surface area contributed by atoms with Gasteiger partial charge in [0.2, 0.25) is 11.7 Å². The number of aromatic hydroxyl groups is 2. The lowest BCUT2D eigenvalue weighted by Crippen LogP contribution is -2.55. The van der Waals surface area contributed by atoms with Crippen LogP contribution in [0.3, 0.4) is 0 Å². The zero-order valence-corrected chi connectivity index (χ0v) is 23.5. The summed E-state index contributed by atoms with van der Waals surface area (Å²) in [6, 6.07) is 3.52. The third kappa shape index (κ3) is 5.25. The number of fused-ring (bicyclic) bond motifs is 3. The Morgan fingerprint density at radius 3 is 2.42 bits per heavy atom. The van der Waals surface area contributed by atoms with Gasteiger partial charge in [0.1, 0.15) is 23.4 Å². The summed E-state index contributed by atoms with van der Waals surface area (Å²) in [6.07, 6.45) is -4.90. The molecule has 43 heavy (non-hydrogen) atoms. The van der Waals surface area contributed by atoms with E-state index in [2.05, 4.69) is 5.32 Å². The topological polar surface area (TPSA) is 209 Å². The number of nitrogens with one attached hydrogen (secondary N) is 1. The smallest absolute Gasteiger partial charge is 0.328 e. The first-order chi connectivity index (χ1) is 20.3. The number of carbonyl (C=O) groups excluding carboxylic acids is 3. The average Bonchev–Trinajstić information content (AvgIpc) is 2.95. The number of aliphatic carboxylic acids is 1. The first kappa shape index (κ1) is 30.2. The minimum absolute atomic E-state index is 0.000309. The number of carboxylic acid groups (broad SMARTS) is 1. The molecule has 0 spiro atoms. The van der Waals surface area contributed by atoms with Crippen molar-refractivity contribution in [3.8, 4) is 17.2 Å². The van der Waals surface area contributed by atoms with Crippen molar-refractivity contribution in [2.75, 3.05) is 7.11 Å². The number of amides is 1. The maximum Gasteiger partial charge on any atom is 0.328 e. The minimum atomic E-state index is -1.31. The Morgan fingerprint density at radius 2 is 1.74 bits per heavy atom. The number of phenols is 2. The molecule has 13 nitrogen and oxygen atoms in total. The number of aliphatic hydroxyl groups excluding tert-OH is 2. The van der Waals surface area contributed by atoms with E-state index in [9.17, 15) is 39.6 Å². The molecule has 13 heteroatoms. The molecule has 0 saturated carbocycles. The SMILES string of the molecule is COc1cccc2c1C(=O)c1c(O)c3c(c(O)c1C2=O)C[C@H](O)C[C@@H]3OC1CC(NC(=O)/C(C)=C/C(=O)O)C(O)C(C)O1. The Balaban J connectivity index is 1.50. The van der Waals surface area contributed by atoms with Crippen LogP contribution in [0.15, 0.2) is 29.8 Å². The molecular weight excluding hydrogens is 566 g/mol. The first-order valence-corrected chi connectivity index (χ1v) is 13.6. The highest BCUT2D eigenvalue weighted by atomic mass is 16.7. The number of hydrogen-bond acceptors (Lipinski definition) is 11. The number of benzene rings is 2. The van der Waals surface area contributed by atoms with Gasteiger partial charge in [-0.25, -0.2) is 4.79 Å². The van der Waals surface area contributed by atoms with Crippen molar-refractivity contribution < 1.29 is 58.9 Å². The molecule has 6 N–H and O–H groups in total. The second kappa shape index (κ2) is 11.4. The van der Waals surface area contributed by atoms with Crippen molar-refractivity contribution in [2.24, 2.45) is 0 Å². The van der Waals surface area contributed by atoms with Crippen LogP contribution in [0, 0.1) is 0 Å². The number of carboxylic acids is 1. The second-order valence-corrected chi connectivity index (χ2v) is 10.8. The summed E-state index contributed by atoms with van der Waals surface area (Å²) in [7, 11) is 1.33. The van der Waals surface area contributed by atoms with E-state index in [0.717, 1.165) is 6.08 Å². The fraction of sp³-hybridized carbons (Fsp3) is 0.400. The molecule has 0 bridgehead atoms. The van der Waals surface area contributed by atoms with Crippen LogP contribution in [0.1, 0.15) is 75.8 Å². The van der Waals surface area contributed by atoms with Crippen LogP contribution < -0.4 is 10.1 Å². The van der Waals surface area contributed by atoms with Crippen LogP contribution in [0.4, 0.5) is 0 Å². The largest absolute Gasteiger partial charge is 0.507 e. The number of ketones is 2. The van der Waals surface area contributed by atoms with Gasteiger partial charge in [-0.1, -0.05) is 12.1 Å². The molecule has 6 atom stereocenters. The van der Waals surface area contributed by atoms with E-state index < -0.39 is 77.3 Å². The lowest BCUT2D eigenvalue weighted by atomic mass is 9.76. The average molecular weight is 598 g/mol. The Bertz CT molecular complexity index is 1560. The van der Waals surface area contributed by atoms with E-state index in [-0.39, 0.29) is 58.4 Å². The van der Waals surface area contributed by atoms with Crippen molar-refractivity contribution in [2.45, 2.75) is 69.9 Å². The summed E-state index contributed by atoms with van der Waals surface area (Å²) in [5, 5.41) is 55.6. The summed E-state index contributed by atoms with van der Waals surface area (Å²) in [5.41, 5.74) is -0.909. The van der Waals surface area contributed by atoms with Gasteiger partial charge in [-0.2, -0.15) is 0 Å². The number of rotatable bonds is 6. The number of carbonyl (C=O) groups is 4. The number of hydrogen-bond donors (Lipinski definition) is 6.